The average Bonchev–Trinajstić information content (AvgIpc) is 2.73. The molecule has 1 heterocycles. The fourth-order valence-corrected chi connectivity index (χ4v) is 1.97. The minimum absolute atomic E-state index is 0.136. The number of hydrogen-bond acceptors (Lipinski definition) is 4. The molecule has 0 radical (unpaired) electrons. The first-order valence-electron chi connectivity index (χ1n) is 5.97. The SMILES string of the molecule is Cc1cc(C)c([N+](=O)[O-])cc1NCc1cn[nH]c1C. The molecule has 6 nitrogen and oxygen atoms in total. The highest BCUT2D eigenvalue weighted by Gasteiger charge is 2.13. The van der Waals surface area contributed by atoms with E-state index in [1.807, 2.05) is 19.9 Å². The molecule has 0 bridgehead atoms. The smallest absolute Gasteiger partial charge is 0.274 e. The standard InChI is InChI=1S/C13H16N4O2/c1-8-4-9(2)13(17(18)19)5-12(8)14-6-11-7-15-16-10(11)3/h4-5,7,14H,6H2,1-3H3,(H,15,16). The van der Waals surface area contributed by atoms with E-state index in [1.165, 1.54) is 0 Å². The molecule has 1 aromatic carbocycles. The monoisotopic (exact) mass is 260 g/mol. The summed E-state index contributed by atoms with van der Waals surface area (Å²) in [7, 11) is 0. The predicted molar refractivity (Wildman–Crippen MR) is 73.2 cm³/mol. The van der Waals surface area contributed by atoms with Gasteiger partial charge in [-0.3, -0.25) is 15.2 Å². The molecule has 0 fully saturated rings. The summed E-state index contributed by atoms with van der Waals surface area (Å²) in [5.41, 5.74) is 4.61. The van der Waals surface area contributed by atoms with E-state index in [4.69, 9.17) is 0 Å². The fourth-order valence-electron chi connectivity index (χ4n) is 1.97. The first-order valence-corrected chi connectivity index (χ1v) is 5.97. The van der Waals surface area contributed by atoms with E-state index in [1.54, 1.807) is 19.2 Å². The van der Waals surface area contributed by atoms with Crippen molar-refractivity contribution in [3.63, 3.8) is 0 Å². The Morgan fingerprint density at radius 3 is 2.63 bits per heavy atom. The lowest BCUT2D eigenvalue weighted by atomic mass is 10.1. The Morgan fingerprint density at radius 2 is 2.05 bits per heavy atom. The number of benzene rings is 1. The lowest BCUT2D eigenvalue weighted by molar-refractivity contribution is -0.385. The zero-order valence-corrected chi connectivity index (χ0v) is 11.2. The molecule has 100 valence electrons. The van der Waals surface area contributed by atoms with Crippen molar-refractivity contribution in [1.82, 2.24) is 10.2 Å². The summed E-state index contributed by atoms with van der Waals surface area (Å²) in [4.78, 5) is 10.6. The Balaban J connectivity index is 2.23. The maximum absolute atomic E-state index is 10.9. The Kier molecular flexibility index (Phi) is 3.50. The maximum Gasteiger partial charge on any atom is 0.274 e. The zero-order chi connectivity index (χ0) is 14.0. The normalized spacial score (nSPS) is 10.5. The quantitative estimate of drug-likeness (QED) is 0.654. The van der Waals surface area contributed by atoms with Crippen LogP contribution in [0.2, 0.25) is 0 Å². The van der Waals surface area contributed by atoms with Crippen molar-refractivity contribution in [1.29, 1.82) is 0 Å². The van der Waals surface area contributed by atoms with Crippen LogP contribution < -0.4 is 5.32 Å². The van der Waals surface area contributed by atoms with Crippen molar-refractivity contribution in [3.8, 4) is 0 Å². The molecular formula is C13H16N4O2. The third kappa shape index (κ3) is 2.73. The van der Waals surface area contributed by atoms with Crippen molar-refractivity contribution < 1.29 is 4.92 Å². The molecule has 2 rings (SSSR count). The van der Waals surface area contributed by atoms with Crippen LogP contribution in [0.15, 0.2) is 18.3 Å². The predicted octanol–water partition coefficient (Wildman–Crippen LogP) is 2.86. The van der Waals surface area contributed by atoms with Crippen molar-refractivity contribution >= 4 is 11.4 Å². The molecule has 0 unspecified atom stereocenters. The molecule has 19 heavy (non-hydrogen) atoms. The molecule has 0 aliphatic rings. The van der Waals surface area contributed by atoms with E-state index in [2.05, 4.69) is 15.5 Å². The van der Waals surface area contributed by atoms with Crippen LogP contribution in [0.4, 0.5) is 11.4 Å². The number of hydrogen-bond donors (Lipinski definition) is 2. The van der Waals surface area contributed by atoms with Gasteiger partial charge in [-0.15, -0.1) is 0 Å². The van der Waals surface area contributed by atoms with Crippen LogP contribution in [0.3, 0.4) is 0 Å². The van der Waals surface area contributed by atoms with Gasteiger partial charge in [0.2, 0.25) is 0 Å². The van der Waals surface area contributed by atoms with Crippen LogP contribution in [-0.2, 0) is 6.54 Å². The van der Waals surface area contributed by atoms with Gasteiger partial charge in [0.15, 0.2) is 0 Å². The lowest BCUT2D eigenvalue weighted by Crippen LogP contribution is -2.03. The average molecular weight is 260 g/mol. The van der Waals surface area contributed by atoms with Crippen LogP contribution in [-0.4, -0.2) is 15.1 Å². The number of aromatic nitrogens is 2. The molecule has 0 amide bonds. The largest absolute Gasteiger partial charge is 0.380 e. The third-order valence-corrected chi connectivity index (χ3v) is 3.14. The number of anilines is 1. The van der Waals surface area contributed by atoms with Crippen LogP contribution in [0, 0.1) is 30.9 Å². The van der Waals surface area contributed by atoms with E-state index in [0.717, 1.165) is 22.5 Å². The first-order chi connectivity index (χ1) is 8.99. The molecule has 2 N–H and O–H groups in total. The molecule has 2 aromatic rings. The maximum atomic E-state index is 10.9. The van der Waals surface area contributed by atoms with Gasteiger partial charge in [0.05, 0.1) is 11.1 Å². The van der Waals surface area contributed by atoms with Gasteiger partial charge in [-0.2, -0.15) is 5.10 Å². The van der Waals surface area contributed by atoms with E-state index in [9.17, 15) is 10.1 Å². The molecule has 0 aliphatic carbocycles. The second kappa shape index (κ2) is 5.09. The number of aryl methyl sites for hydroxylation is 3. The summed E-state index contributed by atoms with van der Waals surface area (Å²) in [5, 5.41) is 21.0. The van der Waals surface area contributed by atoms with Crippen molar-refractivity contribution in [3.05, 3.63) is 50.8 Å². The minimum Gasteiger partial charge on any atom is -0.380 e. The highest BCUT2D eigenvalue weighted by atomic mass is 16.6. The molecule has 0 atom stereocenters. The Hall–Kier alpha value is -2.37. The summed E-state index contributed by atoms with van der Waals surface area (Å²) < 4.78 is 0. The van der Waals surface area contributed by atoms with E-state index < -0.39 is 0 Å². The van der Waals surface area contributed by atoms with Crippen molar-refractivity contribution in [2.45, 2.75) is 27.3 Å². The van der Waals surface area contributed by atoms with Gasteiger partial charge in [-0.25, -0.2) is 0 Å². The van der Waals surface area contributed by atoms with Gasteiger partial charge in [0.25, 0.3) is 5.69 Å². The summed E-state index contributed by atoms with van der Waals surface area (Å²) in [6, 6.07) is 3.41. The highest BCUT2D eigenvalue weighted by molar-refractivity contribution is 5.60. The highest BCUT2D eigenvalue weighted by Crippen LogP contribution is 2.26. The number of rotatable bonds is 4. The van der Waals surface area contributed by atoms with Crippen molar-refractivity contribution in [2.24, 2.45) is 0 Å². The van der Waals surface area contributed by atoms with Gasteiger partial charge < -0.3 is 5.32 Å². The summed E-state index contributed by atoms with van der Waals surface area (Å²) in [5.74, 6) is 0. The lowest BCUT2D eigenvalue weighted by Gasteiger charge is -2.10. The van der Waals surface area contributed by atoms with Crippen LogP contribution in [0.1, 0.15) is 22.4 Å². The van der Waals surface area contributed by atoms with Gasteiger partial charge in [0, 0.05) is 35.1 Å². The topological polar surface area (TPSA) is 83.8 Å². The summed E-state index contributed by atoms with van der Waals surface area (Å²) >= 11 is 0. The van der Waals surface area contributed by atoms with E-state index in [0.29, 0.717) is 12.1 Å². The number of nitro benzene ring substituents is 1. The number of nitrogens with zero attached hydrogens (tertiary/aromatic N) is 2. The first kappa shape index (κ1) is 13.1. The molecule has 0 saturated carbocycles. The zero-order valence-electron chi connectivity index (χ0n) is 11.2. The molecule has 0 saturated heterocycles. The Labute approximate surface area is 111 Å². The van der Waals surface area contributed by atoms with Gasteiger partial charge >= 0.3 is 0 Å². The molecule has 6 heteroatoms. The number of aromatic amines is 1. The molecular weight excluding hydrogens is 244 g/mol. The fraction of sp³-hybridized carbons (Fsp3) is 0.308. The van der Waals surface area contributed by atoms with Gasteiger partial charge in [0.1, 0.15) is 0 Å². The Bertz CT molecular complexity index is 619. The molecule has 0 aliphatic heterocycles. The summed E-state index contributed by atoms with van der Waals surface area (Å²) in [6.45, 7) is 6.20. The summed E-state index contributed by atoms with van der Waals surface area (Å²) in [6.07, 6.45) is 1.75. The van der Waals surface area contributed by atoms with Gasteiger partial charge in [-0.05, 0) is 32.4 Å². The third-order valence-electron chi connectivity index (χ3n) is 3.14. The minimum atomic E-state index is -0.358. The second-order valence-electron chi connectivity index (χ2n) is 4.58. The van der Waals surface area contributed by atoms with Crippen molar-refractivity contribution in [2.75, 3.05) is 5.32 Å². The number of nitro groups is 1. The van der Waals surface area contributed by atoms with Crippen LogP contribution in [0.5, 0.6) is 0 Å². The van der Waals surface area contributed by atoms with Crippen LogP contribution >= 0.6 is 0 Å². The number of nitrogens with one attached hydrogen (secondary N) is 2. The number of H-pyrrole nitrogens is 1. The van der Waals surface area contributed by atoms with Gasteiger partial charge in [-0.1, -0.05) is 0 Å². The van der Waals surface area contributed by atoms with E-state index in [-0.39, 0.29) is 10.6 Å². The molecule has 0 spiro atoms. The molecule has 1 aromatic heterocycles. The van der Waals surface area contributed by atoms with E-state index >= 15 is 0 Å². The van der Waals surface area contributed by atoms with Crippen LogP contribution in [0.25, 0.3) is 0 Å². The second-order valence-corrected chi connectivity index (χ2v) is 4.58. The Morgan fingerprint density at radius 1 is 1.32 bits per heavy atom.